The lowest BCUT2D eigenvalue weighted by Crippen LogP contribution is -2.44. The van der Waals surface area contributed by atoms with Crippen molar-refractivity contribution in [3.8, 4) is 6.01 Å². The van der Waals surface area contributed by atoms with E-state index >= 15 is 0 Å². The van der Waals surface area contributed by atoms with Crippen molar-refractivity contribution in [2.24, 2.45) is 5.92 Å². The Morgan fingerprint density at radius 1 is 1.29 bits per heavy atom. The first kappa shape index (κ1) is 15.8. The zero-order valence-corrected chi connectivity index (χ0v) is 13.3. The van der Waals surface area contributed by atoms with Crippen molar-refractivity contribution < 1.29 is 9.47 Å². The van der Waals surface area contributed by atoms with E-state index in [0.717, 1.165) is 26.1 Å². The number of methoxy groups -OCH3 is 1. The molecule has 1 aliphatic heterocycles. The maximum absolute atomic E-state index is 5.55. The van der Waals surface area contributed by atoms with Crippen LogP contribution < -0.4 is 15.0 Å². The Hall–Kier alpha value is -1.63. The molecule has 1 N–H and O–H groups in total. The molecule has 2 heterocycles. The second kappa shape index (κ2) is 7.40. The van der Waals surface area contributed by atoms with Crippen molar-refractivity contribution in [2.45, 2.75) is 33.3 Å². The van der Waals surface area contributed by atoms with Gasteiger partial charge in [0.05, 0.1) is 12.7 Å². The Bertz CT molecular complexity index is 433. The van der Waals surface area contributed by atoms with E-state index in [1.54, 1.807) is 7.11 Å². The molecule has 1 aromatic rings. The fourth-order valence-corrected chi connectivity index (χ4v) is 2.44. The summed E-state index contributed by atoms with van der Waals surface area (Å²) in [5.74, 6) is 1.75. The Labute approximate surface area is 126 Å². The molecule has 7 nitrogen and oxygen atoms in total. The van der Waals surface area contributed by atoms with Gasteiger partial charge in [0.2, 0.25) is 11.9 Å². The van der Waals surface area contributed by atoms with Crippen molar-refractivity contribution in [3.05, 3.63) is 0 Å². The van der Waals surface area contributed by atoms with Gasteiger partial charge in [0.1, 0.15) is 0 Å². The lowest BCUT2D eigenvalue weighted by Gasteiger charge is -2.36. The van der Waals surface area contributed by atoms with Crippen molar-refractivity contribution >= 4 is 11.9 Å². The summed E-state index contributed by atoms with van der Waals surface area (Å²) >= 11 is 0. The number of anilines is 2. The number of ether oxygens (including phenoxy) is 2. The molecular weight excluding hydrogens is 270 g/mol. The van der Waals surface area contributed by atoms with Crippen LogP contribution in [0.15, 0.2) is 0 Å². The second-order valence-corrected chi connectivity index (χ2v) is 5.19. The number of aromatic nitrogens is 3. The summed E-state index contributed by atoms with van der Waals surface area (Å²) in [5.41, 5.74) is 0. The topological polar surface area (TPSA) is 72.4 Å². The molecule has 118 valence electrons. The molecule has 0 aromatic carbocycles. The van der Waals surface area contributed by atoms with E-state index in [2.05, 4.69) is 32.1 Å². The van der Waals surface area contributed by atoms with Gasteiger partial charge in [-0.1, -0.05) is 6.92 Å². The predicted octanol–water partition coefficient (Wildman–Crippen LogP) is 1.56. The van der Waals surface area contributed by atoms with Gasteiger partial charge in [0.25, 0.3) is 0 Å². The van der Waals surface area contributed by atoms with Crippen LogP contribution in [0.4, 0.5) is 11.9 Å². The lowest BCUT2D eigenvalue weighted by molar-refractivity contribution is 0.0494. The van der Waals surface area contributed by atoms with Crippen LogP contribution >= 0.6 is 0 Å². The molecule has 2 atom stereocenters. The van der Waals surface area contributed by atoms with E-state index in [0.29, 0.717) is 30.4 Å². The zero-order chi connectivity index (χ0) is 15.2. The first-order chi connectivity index (χ1) is 10.2. The molecule has 2 unspecified atom stereocenters. The fourth-order valence-electron chi connectivity index (χ4n) is 2.44. The number of nitrogens with zero attached hydrogens (tertiary/aromatic N) is 4. The Morgan fingerprint density at radius 2 is 2.10 bits per heavy atom. The number of hydrogen-bond donors (Lipinski definition) is 1. The third-order valence-corrected chi connectivity index (χ3v) is 3.69. The SMILES string of the molecule is CCNc1nc(OCC)nc(N2CCC(C)C(OC)C2)n1. The third-order valence-electron chi connectivity index (χ3n) is 3.69. The summed E-state index contributed by atoms with van der Waals surface area (Å²) in [5, 5.41) is 3.12. The Morgan fingerprint density at radius 3 is 2.76 bits per heavy atom. The number of rotatable bonds is 6. The molecule has 0 spiro atoms. The van der Waals surface area contributed by atoms with E-state index < -0.39 is 0 Å². The summed E-state index contributed by atoms with van der Waals surface area (Å²) in [6.45, 7) is 9.14. The predicted molar refractivity (Wildman–Crippen MR) is 82.0 cm³/mol. The monoisotopic (exact) mass is 295 g/mol. The number of piperidine rings is 1. The van der Waals surface area contributed by atoms with E-state index in [9.17, 15) is 0 Å². The van der Waals surface area contributed by atoms with Gasteiger partial charge < -0.3 is 19.7 Å². The van der Waals surface area contributed by atoms with Gasteiger partial charge in [0.15, 0.2) is 0 Å². The molecule has 1 fully saturated rings. The van der Waals surface area contributed by atoms with Crippen molar-refractivity contribution in [2.75, 3.05) is 43.6 Å². The average molecular weight is 295 g/mol. The van der Waals surface area contributed by atoms with Gasteiger partial charge in [-0.3, -0.25) is 0 Å². The molecular formula is C14H25N5O2. The summed E-state index contributed by atoms with van der Waals surface area (Å²) in [4.78, 5) is 15.3. The molecule has 0 bridgehead atoms. The van der Waals surface area contributed by atoms with Gasteiger partial charge >= 0.3 is 6.01 Å². The summed E-state index contributed by atoms with van der Waals surface area (Å²) in [7, 11) is 1.76. The standard InChI is InChI=1S/C14H25N5O2/c1-5-15-12-16-13(18-14(17-12)21-6-2)19-8-7-10(3)11(9-19)20-4/h10-11H,5-9H2,1-4H3,(H,15,16,17,18). The lowest BCUT2D eigenvalue weighted by atomic mass is 9.96. The molecule has 1 saturated heterocycles. The first-order valence-electron chi connectivity index (χ1n) is 7.58. The highest BCUT2D eigenvalue weighted by molar-refractivity contribution is 5.39. The summed E-state index contributed by atoms with van der Waals surface area (Å²) < 4.78 is 11.0. The molecule has 0 saturated carbocycles. The van der Waals surface area contributed by atoms with E-state index in [1.165, 1.54) is 0 Å². The minimum absolute atomic E-state index is 0.202. The van der Waals surface area contributed by atoms with Gasteiger partial charge in [-0.25, -0.2) is 0 Å². The largest absolute Gasteiger partial charge is 0.464 e. The fraction of sp³-hybridized carbons (Fsp3) is 0.786. The van der Waals surface area contributed by atoms with Crippen LogP contribution in [0.3, 0.4) is 0 Å². The van der Waals surface area contributed by atoms with Crippen LogP contribution in [0.2, 0.25) is 0 Å². The molecule has 0 aliphatic carbocycles. The highest BCUT2D eigenvalue weighted by Gasteiger charge is 2.28. The number of hydrogen-bond acceptors (Lipinski definition) is 7. The van der Waals surface area contributed by atoms with Gasteiger partial charge in [-0.2, -0.15) is 15.0 Å². The normalized spacial score (nSPS) is 22.2. The molecule has 1 aromatic heterocycles. The minimum Gasteiger partial charge on any atom is -0.464 e. The van der Waals surface area contributed by atoms with Crippen LogP contribution in [0.1, 0.15) is 27.2 Å². The molecule has 0 amide bonds. The molecule has 2 rings (SSSR count). The molecule has 7 heteroatoms. The highest BCUT2D eigenvalue weighted by atomic mass is 16.5. The average Bonchev–Trinajstić information content (AvgIpc) is 2.48. The smallest absolute Gasteiger partial charge is 0.323 e. The Balaban J connectivity index is 2.20. The summed E-state index contributed by atoms with van der Waals surface area (Å²) in [6, 6.07) is 0.367. The van der Waals surface area contributed by atoms with Gasteiger partial charge in [-0.05, 0) is 26.2 Å². The summed E-state index contributed by atoms with van der Waals surface area (Å²) in [6.07, 6.45) is 1.26. The maximum Gasteiger partial charge on any atom is 0.323 e. The van der Waals surface area contributed by atoms with Crippen LogP contribution in [-0.4, -0.2) is 54.4 Å². The molecule has 0 radical (unpaired) electrons. The van der Waals surface area contributed by atoms with E-state index in [1.807, 2.05) is 13.8 Å². The van der Waals surface area contributed by atoms with E-state index in [-0.39, 0.29) is 6.10 Å². The third kappa shape index (κ3) is 3.93. The van der Waals surface area contributed by atoms with Crippen LogP contribution in [0.5, 0.6) is 6.01 Å². The van der Waals surface area contributed by atoms with Gasteiger partial charge in [-0.15, -0.1) is 0 Å². The quantitative estimate of drug-likeness (QED) is 0.853. The molecule has 21 heavy (non-hydrogen) atoms. The first-order valence-corrected chi connectivity index (χ1v) is 7.58. The van der Waals surface area contributed by atoms with Crippen molar-refractivity contribution in [3.63, 3.8) is 0 Å². The van der Waals surface area contributed by atoms with Gasteiger partial charge in [0, 0.05) is 26.7 Å². The minimum atomic E-state index is 0.202. The van der Waals surface area contributed by atoms with Crippen LogP contribution in [-0.2, 0) is 4.74 Å². The van der Waals surface area contributed by atoms with Crippen LogP contribution in [0.25, 0.3) is 0 Å². The highest BCUT2D eigenvalue weighted by Crippen LogP contribution is 2.24. The van der Waals surface area contributed by atoms with E-state index in [4.69, 9.17) is 9.47 Å². The maximum atomic E-state index is 5.55. The van der Waals surface area contributed by atoms with Crippen LogP contribution in [0, 0.1) is 5.92 Å². The molecule has 1 aliphatic rings. The zero-order valence-electron chi connectivity index (χ0n) is 13.3. The second-order valence-electron chi connectivity index (χ2n) is 5.19. The van der Waals surface area contributed by atoms with Crippen molar-refractivity contribution in [1.29, 1.82) is 0 Å². The Kier molecular flexibility index (Phi) is 5.55. The van der Waals surface area contributed by atoms with Crippen molar-refractivity contribution in [1.82, 2.24) is 15.0 Å². The number of nitrogens with one attached hydrogen (secondary N) is 1.